The summed E-state index contributed by atoms with van der Waals surface area (Å²) < 4.78 is 28.0. The molecule has 0 aromatic heterocycles. The van der Waals surface area contributed by atoms with E-state index < -0.39 is 11.6 Å². The van der Waals surface area contributed by atoms with E-state index in [0.717, 1.165) is 25.2 Å². The van der Waals surface area contributed by atoms with E-state index in [2.05, 4.69) is 22.3 Å². The number of benzene rings is 2. The van der Waals surface area contributed by atoms with Gasteiger partial charge in [-0.05, 0) is 17.5 Å². The molecular formula is C19H18F2N2O. The van der Waals surface area contributed by atoms with Gasteiger partial charge in [0.2, 0.25) is 0 Å². The Bertz CT molecular complexity index is 778. The minimum Gasteiger partial charge on any atom is -0.352 e. The fraction of sp³-hybridized carbons (Fsp3) is 0.316. The molecule has 5 heteroatoms. The second kappa shape index (κ2) is 5.98. The van der Waals surface area contributed by atoms with Crippen LogP contribution in [-0.2, 0) is 6.54 Å². The molecule has 2 atom stereocenters. The van der Waals surface area contributed by atoms with Crippen LogP contribution in [0.5, 0.6) is 0 Å². The Morgan fingerprint density at radius 3 is 2.71 bits per heavy atom. The van der Waals surface area contributed by atoms with Crippen LogP contribution in [0.2, 0.25) is 0 Å². The Kier molecular flexibility index (Phi) is 3.81. The van der Waals surface area contributed by atoms with Gasteiger partial charge in [-0.15, -0.1) is 0 Å². The van der Waals surface area contributed by atoms with Crippen LogP contribution in [0.15, 0.2) is 42.5 Å². The predicted molar refractivity (Wildman–Crippen MR) is 86.6 cm³/mol. The van der Waals surface area contributed by atoms with Crippen LogP contribution >= 0.6 is 0 Å². The topological polar surface area (TPSA) is 32.3 Å². The molecule has 1 fully saturated rings. The summed E-state index contributed by atoms with van der Waals surface area (Å²) in [7, 11) is 0. The minimum absolute atomic E-state index is 0.0942. The van der Waals surface area contributed by atoms with Crippen molar-refractivity contribution in [1.82, 2.24) is 10.2 Å². The van der Waals surface area contributed by atoms with Crippen LogP contribution in [0.1, 0.15) is 27.4 Å². The second-order valence-electron chi connectivity index (χ2n) is 6.61. The second-order valence-corrected chi connectivity index (χ2v) is 6.61. The van der Waals surface area contributed by atoms with Crippen LogP contribution < -0.4 is 5.32 Å². The van der Waals surface area contributed by atoms with Gasteiger partial charge in [-0.1, -0.05) is 30.3 Å². The van der Waals surface area contributed by atoms with Crippen molar-refractivity contribution in [3.05, 3.63) is 70.8 Å². The number of amides is 1. The molecule has 0 radical (unpaired) electrons. The maximum absolute atomic E-state index is 14.4. The molecule has 4 rings (SSSR count). The molecule has 2 aliphatic rings. The van der Waals surface area contributed by atoms with Gasteiger partial charge in [0, 0.05) is 49.3 Å². The zero-order valence-corrected chi connectivity index (χ0v) is 13.1. The van der Waals surface area contributed by atoms with E-state index in [1.54, 1.807) is 0 Å². The van der Waals surface area contributed by atoms with Gasteiger partial charge in [-0.2, -0.15) is 0 Å². The van der Waals surface area contributed by atoms with Crippen LogP contribution in [0.25, 0.3) is 0 Å². The van der Waals surface area contributed by atoms with Crippen molar-refractivity contribution < 1.29 is 13.6 Å². The molecule has 2 aromatic rings. The van der Waals surface area contributed by atoms with Crippen molar-refractivity contribution in [1.29, 1.82) is 0 Å². The summed E-state index contributed by atoms with van der Waals surface area (Å²) >= 11 is 0. The zero-order chi connectivity index (χ0) is 16.7. The highest BCUT2D eigenvalue weighted by Gasteiger charge is 2.39. The third-order valence-electron chi connectivity index (χ3n) is 5.00. The average molecular weight is 328 g/mol. The Balaban J connectivity index is 1.65. The molecule has 0 unspecified atom stereocenters. The highest BCUT2D eigenvalue weighted by Crippen LogP contribution is 2.38. The number of carbonyl (C=O) groups excluding carboxylic acids is 1. The molecule has 0 spiro atoms. The van der Waals surface area contributed by atoms with Crippen LogP contribution in [-0.4, -0.2) is 30.4 Å². The number of halogens is 2. The third-order valence-corrected chi connectivity index (χ3v) is 5.00. The van der Waals surface area contributed by atoms with Crippen molar-refractivity contribution in [2.75, 3.05) is 19.6 Å². The Morgan fingerprint density at radius 1 is 1.12 bits per heavy atom. The monoisotopic (exact) mass is 328 g/mol. The number of rotatable bonds is 2. The highest BCUT2D eigenvalue weighted by atomic mass is 19.1. The van der Waals surface area contributed by atoms with E-state index in [1.807, 2.05) is 18.2 Å². The van der Waals surface area contributed by atoms with Gasteiger partial charge in [-0.25, -0.2) is 8.78 Å². The number of likely N-dealkylation sites (tertiary alicyclic amines) is 1. The van der Waals surface area contributed by atoms with Crippen LogP contribution in [0.4, 0.5) is 8.78 Å². The minimum atomic E-state index is -0.709. The summed E-state index contributed by atoms with van der Waals surface area (Å²) in [6, 6.07) is 12.2. The first-order chi connectivity index (χ1) is 11.6. The zero-order valence-electron chi connectivity index (χ0n) is 13.1. The summed E-state index contributed by atoms with van der Waals surface area (Å²) in [6.45, 7) is 2.74. The first kappa shape index (κ1) is 15.3. The number of hydrogen-bond acceptors (Lipinski definition) is 2. The Hall–Kier alpha value is -2.27. The summed E-state index contributed by atoms with van der Waals surface area (Å²) in [6.07, 6.45) is 0. The summed E-state index contributed by atoms with van der Waals surface area (Å²) in [5.41, 5.74) is 1.71. The van der Waals surface area contributed by atoms with Gasteiger partial charge in [0.1, 0.15) is 11.6 Å². The van der Waals surface area contributed by atoms with Gasteiger partial charge in [0.25, 0.3) is 5.91 Å². The molecule has 3 nitrogen and oxygen atoms in total. The fourth-order valence-electron chi connectivity index (χ4n) is 3.93. The number of nitrogens with zero attached hydrogens (tertiary/aromatic N) is 1. The lowest BCUT2D eigenvalue weighted by Gasteiger charge is -2.18. The first-order valence-corrected chi connectivity index (χ1v) is 8.15. The Labute approximate surface area is 139 Å². The van der Waals surface area contributed by atoms with E-state index in [-0.39, 0.29) is 23.3 Å². The largest absolute Gasteiger partial charge is 0.352 e. The van der Waals surface area contributed by atoms with Crippen molar-refractivity contribution in [2.45, 2.75) is 12.5 Å². The molecule has 0 bridgehead atoms. The molecule has 2 heterocycles. The van der Waals surface area contributed by atoms with E-state index in [9.17, 15) is 13.6 Å². The standard InChI is InChI=1S/C19H18F2N2O/c20-14-6-15-18(17(21)7-14)16-11-23(9-12-4-2-1-3-5-12)10-13(16)8-22-19(15)24/h1-7,13,16H,8-11H2,(H,22,24)/t13-,16-/m0/s1. The summed E-state index contributed by atoms with van der Waals surface area (Å²) in [5.74, 6) is -1.66. The molecule has 1 N–H and O–H groups in total. The number of nitrogens with one attached hydrogen (secondary N) is 1. The van der Waals surface area contributed by atoms with E-state index >= 15 is 0 Å². The van der Waals surface area contributed by atoms with Crippen molar-refractivity contribution >= 4 is 5.91 Å². The van der Waals surface area contributed by atoms with Gasteiger partial charge >= 0.3 is 0 Å². The van der Waals surface area contributed by atoms with E-state index in [0.29, 0.717) is 18.7 Å². The maximum Gasteiger partial charge on any atom is 0.251 e. The van der Waals surface area contributed by atoms with E-state index in [1.165, 1.54) is 5.56 Å². The SMILES string of the molecule is O=C1NC[C@H]2CN(Cc3ccccc3)C[C@@H]2c2c(F)cc(F)cc21. The first-order valence-electron chi connectivity index (χ1n) is 8.15. The summed E-state index contributed by atoms with van der Waals surface area (Å²) in [4.78, 5) is 14.4. The van der Waals surface area contributed by atoms with Gasteiger partial charge in [0.05, 0.1) is 0 Å². The van der Waals surface area contributed by atoms with Gasteiger partial charge in [-0.3, -0.25) is 9.69 Å². The number of carbonyl (C=O) groups is 1. The molecule has 2 aromatic carbocycles. The predicted octanol–water partition coefficient (Wildman–Crippen LogP) is 2.92. The number of hydrogen-bond donors (Lipinski definition) is 1. The lowest BCUT2D eigenvalue weighted by molar-refractivity contribution is 0.0950. The van der Waals surface area contributed by atoms with Gasteiger partial charge < -0.3 is 5.32 Å². The summed E-state index contributed by atoms with van der Waals surface area (Å²) in [5, 5.41) is 2.81. The lowest BCUT2D eigenvalue weighted by atomic mass is 9.87. The quantitative estimate of drug-likeness (QED) is 0.919. The van der Waals surface area contributed by atoms with E-state index in [4.69, 9.17) is 0 Å². The molecule has 124 valence electrons. The highest BCUT2D eigenvalue weighted by molar-refractivity contribution is 5.96. The molecule has 1 amide bonds. The smallest absolute Gasteiger partial charge is 0.251 e. The Morgan fingerprint density at radius 2 is 1.92 bits per heavy atom. The van der Waals surface area contributed by atoms with Crippen molar-refractivity contribution in [2.24, 2.45) is 5.92 Å². The fourth-order valence-corrected chi connectivity index (χ4v) is 3.93. The van der Waals surface area contributed by atoms with Gasteiger partial charge in [0.15, 0.2) is 0 Å². The van der Waals surface area contributed by atoms with Crippen molar-refractivity contribution in [3.63, 3.8) is 0 Å². The van der Waals surface area contributed by atoms with Crippen LogP contribution in [0, 0.1) is 17.6 Å². The van der Waals surface area contributed by atoms with Crippen LogP contribution in [0.3, 0.4) is 0 Å². The normalized spacial score (nSPS) is 23.3. The molecule has 0 saturated carbocycles. The molecular weight excluding hydrogens is 310 g/mol. The average Bonchev–Trinajstić information content (AvgIpc) is 2.89. The maximum atomic E-state index is 14.4. The molecule has 24 heavy (non-hydrogen) atoms. The molecule has 0 aliphatic carbocycles. The lowest BCUT2D eigenvalue weighted by Crippen LogP contribution is -2.29. The molecule has 1 saturated heterocycles. The van der Waals surface area contributed by atoms with Crippen molar-refractivity contribution in [3.8, 4) is 0 Å². The molecule has 2 aliphatic heterocycles. The number of fused-ring (bicyclic) bond motifs is 3. The third kappa shape index (κ3) is 2.69.